The number of rotatable bonds is 5. The van der Waals surface area contributed by atoms with Gasteiger partial charge in [-0.3, -0.25) is 0 Å². The lowest BCUT2D eigenvalue weighted by molar-refractivity contribution is 0.559. The Morgan fingerprint density at radius 2 is 2.33 bits per heavy atom. The summed E-state index contributed by atoms with van der Waals surface area (Å²) in [6, 6.07) is 7.31. The monoisotopic (exact) mass is 458 g/mol. The van der Waals surface area contributed by atoms with Crippen molar-refractivity contribution in [2.75, 3.05) is 31.6 Å². The fourth-order valence-electron chi connectivity index (χ4n) is 2.92. The molecule has 0 atom stereocenters. The summed E-state index contributed by atoms with van der Waals surface area (Å²) in [7, 11) is 2.02. The van der Waals surface area contributed by atoms with E-state index in [1.54, 1.807) is 0 Å². The summed E-state index contributed by atoms with van der Waals surface area (Å²) in [4.78, 5) is 7.45. The van der Waals surface area contributed by atoms with Crippen molar-refractivity contribution in [1.29, 1.82) is 0 Å². The first-order valence-electron chi connectivity index (χ1n) is 7.87. The van der Waals surface area contributed by atoms with Crippen LogP contribution in [0.1, 0.15) is 16.9 Å². The van der Waals surface area contributed by atoms with Crippen molar-refractivity contribution in [3.05, 3.63) is 45.9 Å². The van der Waals surface area contributed by atoms with Crippen LogP contribution in [0.15, 0.2) is 34.6 Å². The number of fused-ring (bicyclic) bond motifs is 1. The van der Waals surface area contributed by atoms with Gasteiger partial charge in [-0.25, -0.2) is 12.5 Å². The number of hydrogen-bond acceptors (Lipinski definition) is 4. The Morgan fingerprint density at radius 3 is 3.04 bits per heavy atom. The lowest BCUT2D eigenvalue weighted by atomic mass is 10.0. The molecule has 1 aromatic heterocycles. The van der Waals surface area contributed by atoms with Gasteiger partial charge in [0.05, 0.1) is 16.3 Å². The summed E-state index contributed by atoms with van der Waals surface area (Å²) in [6.45, 7) is 2.61. The number of likely N-dealkylation sites (N-methyl/N-ethyl adjacent to an activating group) is 1. The molecule has 3 rings (SSSR count). The smallest absolute Gasteiger partial charge is 0.148 e. The van der Waals surface area contributed by atoms with E-state index in [0.717, 1.165) is 48.6 Å². The SMILES string of the molecule is CN(I)CCN1CCCc2cc(N=C(N)c3cccs3)cc(F)c21. The molecule has 24 heavy (non-hydrogen) atoms. The predicted molar refractivity (Wildman–Crippen MR) is 108 cm³/mol. The van der Waals surface area contributed by atoms with Crippen molar-refractivity contribution in [3.8, 4) is 0 Å². The first-order valence-corrected chi connectivity index (χ1v) is 9.71. The molecule has 0 amide bonds. The molecule has 7 heteroatoms. The minimum Gasteiger partial charge on any atom is -0.383 e. The third-order valence-electron chi connectivity index (χ3n) is 4.02. The van der Waals surface area contributed by atoms with Crippen molar-refractivity contribution in [2.24, 2.45) is 10.7 Å². The summed E-state index contributed by atoms with van der Waals surface area (Å²) < 4.78 is 16.8. The molecule has 4 nitrogen and oxygen atoms in total. The molecule has 0 unspecified atom stereocenters. The molecule has 0 aliphatic carbocycles. The van der Waals surface area contributed by atoms with Gasteiger partial charge in [-0.2, -0.15) is 0 Å². The highest BCUT2D eigenvalue weighted by molar-refractivity contribution is 14.1. The van der Waals surface area contributed by atoms with E-state index >= 15 is 0 Å². The second kappa shape index (κ2) is 7.79. The molecule has 0 fully saturated rings. The van der Waals surface area contributed by atoms with Crippen LogP contribution < -0.4 is 10.6 Å². The lowest BCUT2D eigenvalue weighted by Gasteiger charge is -2.32. The standard InChI is InChI=1S/C17H20FIN4S/c1-22(19)7-8-23-6-2-4-12-10-13(11-14(18)16(12)23)21-17(20)15-5-3-9-24-15/h3,5,9-11H,2,4,6-8H2,1H3,(H2,20,21). The Morgan fingerprint density at radius 1 is 1.50 bits per heavy atom. The Kier molecular flexibility index (Phi) is 5.72. The Labute approximate surface area is 159 Å². The van der Waals surface area contributed by atoms with E-state index in [1.807, 2.05) is 30.6 Å². The van der Waals surface area contributed by atoms with Crippen molar-refractivity contribution >= 4 is 51.4 Å². The van der Waals surface area contributed by atoms with Crippen molar-refractivity contribution in [2.45, 2.75) is 12.8 Å². The molecule has 1 aliphatic rings. The van der Waals surface area contributed by atoms with E-state index in [4.69, 9.17) is 5.73 Å². The van der Waals surface area contributed by atoms with Gasteiger partial charge in [0.15, 0.2) is 0 Å². The maximum absolute atomic E-state index is 14.7. The molecule has 0 saturated heterocycles. The molecule has 2 N–H and O–H groups in total. The second-order valence-electron chi connectivity index (χ2n) is 5.83. The van der Waals surface area contributed by atoms with Crippen LogP contribution in [0.4, 0.5) is 15.8 Å². The average molecular weight is 458 g/mol. The van der Waals surface area contributed by atoms with Gasteiger partial charge < -0.3 is 10.6 Å². The van der Waals surface area contributed by atoms with Crippen molar-refractivity contribution < 1.29 is 4.39 Å². The number of aliphatic imine (C=N–C) groups is 1. The van der Waals surface area contributed by atoms with Crippen LogP contribution in [-0.4, -0.2) is 35.6 Å². The quantitative estimate of drug-likeness (QED) is 0.320. The number of aryl methyl sites for hydroxylation is 1. The van der Waals surface area contributed by atoms with Crippen LogP contribution in [-0.2, 0) is 6.42 Å². The minimum atomic E-state index is -0.207. The maximum atomic E-state index is 14.7. The third kappa shape index (κ3) is 4.07. The zero-order valence-corrected chi connectivity index (χ0v) is 16.5. The van der Waals surface area contributed by atoms with Gasteiger partial charge in [0.2, 0.25) is 0 Å². The van der Waals surface area contributed by atoms with Crippen LogP contribution in [0.5, 0.6) is 0 Å². The number of anilines is 1. The summed E-state index contributed by atoms with van der Waals surface area (Å²) >= 11 is 3.78. The van der Waals surface area contributed by atoms with E-state index in [0.29, 0.717) is 11.5 Å². The number of hydrogen-bond donors (Lipinski definition) is 1. The maximum Gasteiger partial charge on any atom is 0.148 e. The normalized spacial score (nSPS) is 15.0. The van der Waals surface area contributed by atoms with Gasteiger partial charge in [-0.05, 0) is 43.0 Å². The first kappa shape index (κ1) is 17.6. The highest BCUT2D eigenvalue weighted by Gasteiger charge is 2.21. The summed E-state index contributed by atoms with van der Waals surface area (Å²) in [5, 5.41) is 1.95. The topological polar surface area (TPSA) is 44.9 Å². The van der Waals surface area contributed by atoms with E-state index in [-0.39, 0.29) is 5.82 Å². The Bertz CT molecular complexity index is 730. The molecule has 0 saturated carbocycles. The Balaban J connectivity index is 1.88. The van der Waals surface area contributed by atoms with Crippen LogP contribution in [0.3, 0.4) is 0 Å². The molecule has 0 bridgehead atoms. The van der Waals surface area contributed by atoms with Crippen LogP contribution >= 0.6 is 34.2 Å². The molecule has 0 spiro atoms. The fourth-order valence-corrected chi connectivity index (χ4v) is 3.77. The third-order valence-corrected chi connectivity index (χ3v) is 5.39. The molecular weight excluding hydrogens is 438 g/mol. The lowest BCUT2D eigenvalue weighted by Crippen LogP contribution is -2.35. The van der Waals surface area contributed by atoms with Gasteiger partial charge in [-0.15, -0.1) is 11.3 Å². The zero-order chi connectivity index (χ0) is 17.1. The number of thiophene rings is 1. The number of amidine groups is 1. The molecule has 1 aromatic carbocycles. The molecule has 0 radical (unpaired) electrons. The minimum absolute atomic E-state index is 0.207. The van der Waals surface area contributed by atoms with Gasteiger partial charge in [0.1, 0.15) is 11.7 Å². The fraction of sp³-hybridized carbons (Fsp3) is 0.353. The molecular formula is C17H20FIN4S. The van der Waals surface area contributed by atoms with Crippen LogP contribution in [0, 0.1) is 5.82 Å². The predicted octanol–water partition coefficient (Wildman–Crippen LogP) is 3.96. The number of nitrogens with two attached hydrogens (primary N) is 1. The zero-order valence-electron chi connectivity index (χ0n) is 13.5. The summed E-state index contributed by atoms with van der Waals surface area (Å²) in [6.07, 6.45) is 1.91. The number of halogens is 2. The van der Waals surface area contributed by atoms with E-state index in [9.17, 15) is 4.39 Å². The van der Waals surface area contributed by atoms with Gasteiger partial charge in [0, 0.05) is 48.6 Å². The molecule has 128 valence electrons. The molecule has 1 aliphatic heterocycles. The van der Waals surface area contributed by atoms with Gasteiger partial charge in [0.25, 0.3) is 0 Å². The molecule has 2 aromatic rings. The van der Waals surface area contributed by atoms with Gasteiger partial charge in [-0.1, -0.05) is 6.07 Å². The number of nitrogens with zero attached hydrogens (tertiary/aromatic N) is 3. The van der Waals surface area contributed by atoms with E-state index < -0.39 is 0 Å². The van der Waals surface area contributed by atoms with Crippen LogP contribution in [0.2, 0.25) is 0 Å². The summed E-state index contributed by atoms with van der Waals surface area (Å²) in [5.41, 5.74) is 8.37. The Hall–Kier alpha value is -1.19. The second-order valence-corrected chi connectivity index (χ2v) is 8.42. The first-order chi connectivity index (χ1) is 11.5. The van der Waals surface area contributed by atoms with Crippen molar-refractivity contribution in [3.63, 3.8) is 0 Å². The average Bonchev–Trinajstić information content (AvgIpc) is 3.07. The largest absolute Gasteiger partial charge is 0.383 e. The molecule has 2 heterocycles. The highest BCUT2D eigenvalue weighted by Crippen LogP contribution is 2.34. The van der Waals surface area contributed by atoms with Crippen molar-refractivity contribution in [1.82, 2.24) is 3.11 Å². The summed E-state index contributed by atoms with van der Waals surface area (Å²) in [5.74, 6) is 0.226. The van der Waals surface area contributed by atoms with Gasteiger partial charge >= 0.3 is 0 Å². The van der Waals surface area contributed by atoms with Crippen LogP contribution in [0.25, 0.3) is 0 Å². The number of benzene rings is 1. The van der Waals surface area contributed by atoms with E-state index in [2.05, 4.69) is 35.9 Å². The van der Waals surface area contributed by atoms with E-state index in [1.165, 1.54) is 17.4 Å². The highest BCUT2D eigenvalue weighted by atomic mass is 127.